The van der Waals surface area contributed by atoms with E-state index in [1.165, 1.54) is 31.4 Å². The Hall–Kier alpha value is -1.22. The first-order valence-corrected chi connectivity index (χ1v) is 7.05. The number of ether oxygens (including phenoxy) is 1. The first-order chi connectivity index (χ1) is 8.81. The van der Waals surface area contributed by atoms with Crippen LogP contribution in [0.25, 0.3) is 0 Å². The minimum Gasteiger partial charge on any atom is -0.487 e. The number of benzene rings is 1. The van der Waals surface area contributed by atoms with Gasteiger partial charge in [0.25, 0.3) is 0 Å². The Bertz CT molecular complexity index is 413. The highest BCUT2D eigenvalue weighted by Gasteiger charge is 2.17. The molecule has 2 aliphatic rings. The summed E-state index contributed by atoms with van der Waals surface area (Å²) in [6, 6.07) is 6.59. The van der Waals surface area contributed by atoms with E-state index >= 15 is 0 Å². The Morgan fingerprint density at radius 2 is 2.28 bits per heavy atom. The number of hydrogen-bond donors (Lipinski definition) is 2. The number of hydrogen-bond acceptors (Lipinski definition) is 3. The number of fused-ring (bicyclic) bond motifs is 1. The fraction of sp³-hybridized carbons (Fsp3) is 0.600. The second-order valence-electron chi connectivity index (χ2n) is 5.56. The van der Waals surface area contributed by atoms with Crippen molar-refractivity contribution in [2.24, 2.45) is 5.92 Å². The average Bonchev–Trinajstić information content (AvgIpc) is 2.40. The van der Waals surface area contributed by atoms with Gasteiger partial charge in [-0.15, -0.1) is 0 Å². The van der Waals surface area contributed by atoms with E-state index in [2.05, 4.69) is 35.8 Å². The molecule has 2 unspecified atom stereocenters. The molecule has 1 aromatic carbocycles. The lowest BCUT2D eigenvalue weighted by atomic mass is 9.92. The van der Waals surface area contributed by atoms with Gasteiger partial charge in [0.05, 0.1) is 12.2 Å². The lowest BCUT2D eigenvalue weighted by Crippen LogP contribution is -2.31. The van der Waals surface area contributed by atoms with Gasteiger partial charge in [-0.2, -0.15) is 0 Å². The van der Waals surface area contributed by atoms with E-state index in [0.717, 1.165) is 30.4 Å². The van der Waals surface area contributed by atoms with Gasteiger partial charge in [0.1, 0.15) is 11.9 Å². The summed E-state index contributed by atoms with van der Waals surface area (Å²) in [4.78, 5) is 0. The summed E-state index contributed by atoms with van der Waals surface area (Å²) >= 11 is 0. The van der Waals surface area contributed by atoms with Crippen molar-refractivity contribution >= 4 is 5.69 Å². The SMILES string of the molecule is CC1CNc2cc(CC3CCCNC3)ccc2O1. The van der Waals surface area contributed by atoms with Gasteiger partial charge in [0, 0.05) is 0 Å². The lowest BCUT2D eigenvalue weighted by molar-refractivity contribution is 0.226. The highest BCUT2D eigenvalue weighted by atomic mass is 16.5. The van der Waals surface area contributed by atoms with Crippen LogP contribution in [0.5, 0.6) is 5.75 Å². The van der Waals surface area contributed by atoms with E-state index in [1.807, 2.05) is 0 Å². The Morgan fingerprint density at radius 3 is 3.11 bits per heavy atom. The number of rotatable bonds is 2. The molecule has 2 aliphatic heterocycles. The summed E-state index contributed by atoms with van der Waals surface area (Å²) in [5.41, 5.74) is 2.59. The van der Waals surface area contributed by atoms with Crippen LogP contribution in [0.1, 0.15) is 25.3 Å². The fourth-order valence-electron chi connectivity index (χ4n) is 2.89. The third kappa shape index (κ3) is 2.61. The summed E-state index contributed by atoms with van der Waals surface area (Å²) in [5, 5.41) is 6.93. The van der Waals surface area contributed by atoms with Gasteiger partial charge in [-0.1, -0.05) is 6.07 Å². The van der Waals surface area contributed by atoms with Crippen LogP contribution >= 0.6 is 0 Å². The van der Waals surface area contributed by atoms with E-state index in [1.54, 1.807) is 0 Å². The summed E-state index contributed by atoms with van der Waals surface area (Å²) < 4.78 is 5.80. The molecule has 3 heteroatoms. The van der Waals surface area contributed by atoms with Gasteiger partial charge >= 0.3 is 0 Å². The zero-order chi connectivity index (χ0) is 12.4. The molecule has 2 heterocycles. The molecular weight excluding hydrogens is 224 g/mol. The predicted molar refractivity (Wildman–Crippen MR) is 74.3 cm³/mol. The zero-order valence-corrected chi connectivity index (χ0v) is 11.0. The number of anilines is 1. The van der Waals surface area contributed by atoms with E-state index in [4.69, 9.17) is 4.74 Å². The fourth-order valence-corrected chi connectivity index (χ4v) is 2.89. The van der Waals surface area contributed by atoms with Crippen LogP contribution in [0.3, 0.4) is 0 Å². The van der Waals surface area contributed by atoms with Crippen molar-refractivity contribution in [3.05, 3.63) is 23.8 Å². The van der Waals surface area contributed by atoms with Crippen LogP contribution in [0.2, 0.25) is 0 Å². The van der Waals surface area contributed by atoms with Crippen molar-refractivity contribution in [2.75, 3.05) is 25.0 Å². The Labute approximate surface area is 109 Å². The Balaban J connectivity index is 1.69. The van der Waals surface area contributed by atoms with Gasteiger partial charge in [0.2, 0.25) is 0 Å². The average molecular weight is 246 g/mol. The van der Waals surface area contributed by atoms with Crippen LogP contribution in [0.15, 0.2) is 18.2 Å². The van der Waals surface area contributed by atoms with Crippen LogP contribution < -0.4 is 15.4 Å². The van der Waals surface area contributed by atoms with Gasteiger partial charge in [-0.3, -0.25) is 0 Å². The number of piperidine rings is 1. The van der Waals surface area contributed by atoms with Crippen molar-refractivity contribution < 1.29 is 4.74 Å². The summed E-state index contributed by atoms with van der Waals surface area (Å²) in [6.07, 6.45) is 4.11. The van der Waals surface area contributed by atoms with E-state index < -0.39 is 0 Å². The zero-order valence-electron chi connectivity index (χ0n) is 11.0. The van der Waals surface area contributed by atoms with Crippen LogP contribution in [0, 0.1) is 5.92 Å². The molecule has 2 atom stereocenters. The van der Waals surface area contributed by atoms with E-state index in [-0.39, 0.29) is 6.10 Å². The summed E-state index contributed by atoms with van der Waals surface area (Å²) in [7, 11) is 0. The molecule has 0 radical (unpaired) electrons. The highest BCUT2D eigenvalue weighted by Crippen LogP contribution is 2.31. The normalized spacial score (nSPS) is 26.9. The standard InChI is InChI=1S/C15H22N2O/c1-11-9-17-14-8-12(4-5-15(14)18-11)7-13-3-2-6-16-10-13/h4-5,8,11,13,16-17H,2-3,6-7,9-10H2,1H3. The molecule has 18 heavy (non-hydrogen) atoms. The highest BCUT2D eigenvalue weighted by molar-refractivity contribution is 5.59. The van der Waals surface area contributed by atoms with Crippen LogP contribution in [-0.4, -0.2) is 25.7 Å². The maximum absolute atomic E-state index is 5.80. The molecule has 3 rings (SSSR count). The molecule has 0 spiro atoms. The maximum Gasteiger partial charge on any atom is 0.142 e. The van der Waals surface area contributed by atoms with E-state index in [0.29, 0.717) is 0 Å². The molecule has 98 valence electrons. The van der Waals surface area contributed by atoms with Crippen molar-refractivity contribution in [3.8, 4) is 5.75 Å². The molecule has 1 fully saturated rings. The van der Waals surface area contributed by atoms with Crippen LogP contribution in [0.4, 0.5) is 5.69 Å². The molecule has 0 amide bonds. The third-order valence-electron chi connectivity index (χ3n) is 3.88. The molecule has 2 N–H and O–H groups in total. The largest absolute Gasteiger partial charge is 0.487 e. The van der Waals surface area contributed by atoms with Gasteiger partial charge in [0.15, 0.2) is 0 Å². The lowest BCUT2D eigenvalue weighted by Gasteiger charge is -2.26. The molecule has 1 saturated heterocycles. The smallest absolute Gasteiger partial charge is 0.142 e. The summed E-state index contributed by atoms with van der Waals surface area (Å²) in [6.45, 7) is 5.35. The third-order valence-corrected chi connectivity index (χ3v) is 3.88. The molecule has 3 nitrogen and oxygen atoms in total. The molecule has 0 aromatic heterocycles. The monoisotopic (exact) mass is 246 g/mol. The second kappa shape index (κ2) is 5.19. The van der Waals surface area contributed by atoms with Gasteiger partial charge in [-0.05, 0) is 62.9 Å². The molecule has 0 bridgehead atoms. The minimum absolute atomic E-state index is 0.269. The molecule has 0 aliphatic carbocycles. The van der Waals surface area contributed by atoms with Crippen molar-refractivity contribution in [3.63, 3.8) is 0 Å². The quantitative estimate of drug-likeness (QED) is 0.841. The first kappa shape index (κ1) is 11.8. The van der Waals surface area contributed by atoms with Crippen molar-refractivity contribution in [1.29, 1.82) is 0 Å². The van der Waals surface area contributed by atoms with Crippen molar-refractivity contribution in [2.45, 2.75) is 32.3 Å². The second-order valence-corrected chi connectivity index (χ2v) is 5.56. The molecule has 0 saturated carbocycles. The maximum atomic E-state index is 5.80. The van der Waals surface area contributed by atoms with Crippen molar-refractivity contribution in [1.82, 2.24) is 5.32 Å². The van der Waals surface area contributed by atoms with Crippen LogP contribution in [-0.2, 0) is 6.42 Å². The topological polar surface area (TPSA) is 33.3 Å². The van der Waals surface area contributed by atoms with Gasteiger partial charge in [-0.25, -0.2) is 0 Å². The molecular formula is C15H22N2O. The van der Waals surface area contributed by atoms with Gasteiger partial charge < -0.3 is 15.4 Å². The molecule has 1 aromatic rings. The Kier molecular flexibility index (Phi) is 3.41. The minimum atomic E-state index is 0.269. The first-order valence-electron chi connectivity index (χ1n) is 7.05. The Morgan fingerprint density at radius 1 is 1.33 bits per heavy atom. The number of nitrogens with one attached hydrogen (secondary N) is 2. The predicted octanol–water partition coefficient (Wildman–Crippen LogP) is 2.42. The summed E-state index contributed by atoms with van der Waals surface area (Å²) in [5.74, 6) is 1.79. The van der Waals surface area contributed by atoms with E-state index in [9.17, 15) is 0 Å².